The zero-order valence-corrected chi connectivity index (χ0v) is 19.7. The number of amides is 2. The maximum atomic E-state index is 13.0. The molecule has 0 aliphatic carbocycles. The van der Waals surface area contributed by atoms with Gasteiger partial charge < -0.3 is 19.4 Å². The van der Waals surface area contributed by atoms with Crippen molar-refractivity contribution < 1.29 is 14.3 Å². The first kappa shape index (κ1) is 23.7. The number of carbonyl (C=O) groups is 2. The molecule has 2 fully saturated rings. The van der Waals surface area contributed by atoms with Gasteiger partial charge in [-0.05, 0) is 63.6 Å². The Hall–Kier alpha value is -2.45. The molecule has 0 radical (unpaired) electrons. The van der Waals surface area contributed by atoms with Crippen LogP contribution < -0.4 is 10.6 Å². The van der Waals surface area contributed by atoms with Gasteiger partial charge in [-0.2, -0.15) is 0 Å². The number of pyridine rings is 1. The van der Waals surface area contributed by atoms with Gasteiger partial charge in [-0.15, -0.1) is 0 Å². The number of likely N-dealkylation sites (tertiary alicyclic amines) is 1. The van der Waals surface area contributed by atoms with Crippen molar-refractivity contribution in [3.63, 3.8) is 0 Å². The fourth-order valence-electron chi connectivity index (χ4n) is 5.06. The Labute approximate surface area is 196 Å². The smallest absolute Gasteiger partial charge is 0.252 e. The summed E-state index contributed by atoms with van der Waals surface area (Å²) in [7, 11) is 0. The molecule has 4 heterocycles. The Morgan fingerprint density at radius 3 is 2.88 bits per heavy atom. The second-order valence-corrected chi connectivity index (χ2v) is 9.21. The molecule has 33 heavy (non-hydrogen) atoms. The van der Waals surface area contributed by atoms with E-state index in [-0.39, 0.29) is 24.0 Å². The number of carbonyl (C=O) groups excluding carboxylic acids is 2. The van der Waals surface area contributed by atoms with Crippen molar-refractivity contribution in [2.24, 2.45) is 11.8 Å². The van der Waals surface area contributed by atoms with Gasteiger partial charge >= 0.3 is 0 Å². The highest BCUT2D eigenvalue weighted by molar-refractivity contribution is 5.94. The standard InChI is InChI=1S/C25H37N5O3/c1-2-33-24-21(7-5-13-28-24)25(32)29-15-10-19(11-16-29)6-3-4-12-27-23(31)20-8-9-22-26-14-17-30(22)18-20/h8-9,14,17-19,21,24,28H,2-7,10-13,15-16H2,1H3,(H,27,31). The van der Waals surface area contributed by atoms with Crippen LogP contribution in [-0.4, -0.2) is 65.1 Å². The first-order chi connectivity index (χ1) is 16.2. The van der Waals surface area contributed by atoms with Crippen molar-refractivity contribution in [3.05, 3.63) is 36.3 Å². The van der Waals surface area contributed by atoms with Crippen LogP contribution in [-0.2, 0) is 9.53 Å². The van der Waals surface area contributed by atoms with Crippen molar-refractivity contribution in [1.82, 2.24) is 24.9 Å². The molecule has 2 aliphatic rings. The van der Waals surface area contributed by atoms with Crippen molar-refractivity contribution >= 4 is 17.5 Å². The van der Waals surface area contributed by atoms with E-state index in [0.717, 1.165) is 70.2 Å². The van der Waals surface area contributed by atoms with Gasteiger partial charge in [0.15, 0.2) is 0 Å². The van der Waals surface area contributed by atoms with Crippen LogP contribution >= 0.6 is 0 Å². The fourth-order valence-corrected chi connectivity index (χ4v) is 5.06. The number of rotatable bonds is 9. The maximum absolute atomic E-state index is 13.0. The first-order valence-corrected chi connectivity index (χ1v) is 12.5. The Bertz CT molecular complexity index is 920. The summed E-state index contributed by atoms with van der Waals surface area (Å²) in [5.74, 6) is 0.838. The third-order valence-corrected chi connectivity index (χ3v) is 6.97. The highest BCUT2D eigenvalue weighted by Gasteiger charge is 2.35. The molecule has 2 unspecified atom stereocenters. The minimum atomic E-state index is -0.133. The third kappa shape index (κ3) is 6.12. The molecule has 2 atom stereocenters. The number of nitrogens with zero attached hydrogens (tertiary/aromatic N) is 3. The second kappa shape index (κ2) is 11.6. The van der Waals surface area contributed by atoms with E-state index in [1.165, 1.54) is 0 Å². The zero-order chi connectivity index (χ0) is 23.0. The van der Waals surface area contributed by atoms with Gasteiger partial charge in [0.05, 0.1) is 11.5 Å². The van der Waals surface area contributed by atoms with Crippen molar-refractivity contribution in [2.45, 2.75) is 58.1 Å². The normalized spacial score (nSPS) is 21.9. The molecule has 2 aromatic rings. The lowest BCUT2D eigenvalue weighted by Crippen LogP contribution is -2.52. The van der Waals surface area contributed by atoms with Crippen molar-refractivity contribution in [2.75, 3.05) is 32.8 Å². The summed E-state index contributed by atoms with van der Waals surface area (Å²) in [5.41, 5.74) is 1.49. The van der Waals surface area contributed by atoms with Gasteiger partial charge in [0.25, 0.3) is 5.91 Å². The topological polar surface area (TPSA) is 88.0 Å². The zero-order valence-electron chi connectivity index (χ0n) is 19.7. The quantitative estimate of drug-likeness (QED) is 0.568. The minimum Gasteiger partial charge on any atom is -0.363 e. The maximum Gasteiger partial charge on any atom is 0.252 e. The minimum absolute atomic E-state index is 0.0417. The molecule has 0 spiro atoms. The lowest BCUT2D eigenvalue weighted by atomic mass is 9.89. The van der Waals surface area contributed by atoms with E-state index in [1.807, 2.05) is 35.9 Å². The lowest BCUT2D eigenvalue weighted by Gasteiger charge is -2.38. The number of ether oxygens (including phenoxy) is 1. The molecule has 2 N–H and O–H groups in total. The van der Waals surface area contributed by atoms with Crippen molar-refractivity contribution in [1.29, 1.82) is 0 Å². The molecule has 180 valence electrons. The number of hydrogen-bond acceptors (Lipinski definition) is 5. The molecule has 2 amide bonds. The van der Waals surface area contributed by atoms with E-state index in [2.05, 4.69) is 20.5 Å². The number of imidazole rings is 1. The predicted molar refractivity (Wildman–Crippen MR) is 127 cm³/mol. The summed E-state index contributed by atoms with van der Waals surface area (Å²) >= 11 is 0. The van der Waals surface area contributed by atoms with E-state index in [0.29, 0.717) is 24.6 Å². The van der Waals surface area contributed by atoms with Crippen LogP contribution in [0.15, 0.2) is 30.7 Å². The molecule has 0 bridgehead atoms. The monoisotopic (exact) mass is 455 g/mol. The fraction of sp³-hybridized carbons (Fsp3) is 0.640. The van der Waals surface area contributed by atoms with E-state index < -0.39 is 0 Å². The van der Waals surface area contributed by atoms with Crippen LogP contribution in [0.5, 0.6) is 0 Å². The second-order valence-electron chi connectivity index (χ2n) is 9.21. The van der Waals surface area contributed by atoms with Gasteiger partial charge in [0.2, 0.25) is 5.91 Å². The SMILES string of the molecule is CCOC1NCCCC1C(=O)N1CCC(CCCCNC(=O)c2ccc3nccn3c2)CC1. The molecule has 8 nitrogen and oxygen atoms in total. The number of piperidine rings is 2. The molecule has 4 rings (SSSR count). The van der Waals surface area contributed by atoms with Gasteiger partial charge in [-0.25, -0.2) is 4.98 Å². The van der Waals surface area contributed by atoms with Gasteiger partial charge in [-0.3, -0.25) is 14.9 Å². The number of fused-ring (bicyclic) bond motifs is 1. The van der Waals surface area contributed by atoms with E-state index in [1.54, 1.807) is 6.20 Å². The van der Waals surface area contributed by atoms with Crippen LogP contribution in [0, 0.1) is 11.8 Å². The van der Waals surface area contributed by atoms with Crippen molar-refractivity contribution in [3.8, 4) is 0 Å². The van der Waals surface area contributed by atoms with Gasteiger partial charge in [0.1, 0.15) is 11.9 Å². The predicted octanol–water partition coefficient (Wildman–Crippen LogP) is 2.84. The number of unbranched alkanes of at least 4 members (excludes halogenated alkanes) is 1. The Morgan fingerprint density at radius 1 is 1.21 bits per heavy atom. The third-order valence-electron chi connectivity index (χ3n) is 6.97. The highest BCUT2D eigenvalue weighted by atomic mass is 16.5. The number of aromatic nitrogens is 2. The number of nitrogens with one attached hydrogen (secondary N) is 2. The van der Waals surface area contributed by atoms with Crippen LogP contribution in [0.4, 0.5) is 0 Å². The van der Waals surface area contributed by atoms with Crippen LogP contribution in [0.1, 0.15) is 62.2 Å². The lowest BCUT2D eigenvalue weighted by molar-refractivity contribution is -0.145. The molecular formula is C25H37N5O3. The average Bonchev–Trinajstić information content (AvgIpc) is 3.32. The van der Waals surface area contributed by atoms with E-state index >= 15 is 0 Å². The van der Waals surface area contributed by atoms with Crippen LogP contribution in [0.3, 0.4) is 0 Å². The molecule has 8 heteroatoms. The molecule has 2 aliphatic heterocycles. The largest absolute Gasteiger partial charge is 0.363 e. The van der Waals surface area contributed by atoms with Crippen LogP contribution in [0.25, 0.3) is 5.65 Å². The summed E-state index contributed by atoms with van der Waals surface area (Å²) in [6, 6.07) is 3.67. The van der Waals surface area contributed by atoms with Crippen LogP contribution in [0.2, 0.25) is 0 Å². The Balaban J connectivity index is 1.12. The van der Waals surface area contributed by atoms with E-state index in [4.69, 9.17) is 4.74 Å². The molecule has 2 saturated heterocycles. The summed E-state index contributed by atoms with van der Waals surface area (Å²) < 4.78 is 7.63. The summed E-state index contributed by atoms with van der Waals surface area (Å²) in [5, 5.41) is 6.38. The van der Waals surface area contributed by atoms with Gasteiger partial charge in [0, 0.05) is 44.8 Å². The summed E-state index contributed by atoms with van der Waals surface area (Å²) in [6.07, 6.45) is 12.6. The molecule has 2 aromatic heterocycles. The first-order valence-electron chi connectivity index (χ1n) is 12.5. The summed E-state index contributed by atoms with van der Waals surface area (Å²) in [4.78, 5) is 31.7. The molecular weight excluding hydrogens is 418 g/mol. The average molecular weight is 456 g/mol. The Morgan fingerprint density at radius 2 is 2.06 bits per heavy atom. The number of hydrogen-bond donors (Lipinski definition) is 2. The van der Waals surface area contributed by atoms with E-state index in [9.17, 15) is 9.59 Å². The highest BCUT2D eigenvalue weighted by Crippen LogP contribution is 2.26. The Kier molecular flexibility index (Phi) is 8.34. The summed E-state index contributed by atoms with van der Waals surface area (Å²) in [6.45, 7) is 5.93. The molecule has 0 saturated carbocycles. The molecule has 0 aromatic carbocycles. The van der Waals surface area contributed by atoms with Gasteiger partial charge in [-0.1, -0.05) is 12.8 Å².